The molecule has 0 aromatic heterocycles. The Morgan fingerprint density at radius 1 is 0.867 bits per heavy atom. The molecular formula is C32H38Cl2O11. The smallest absolute Gasteiger partial charge is 0.303 e. The maximum atomic E-state index is 12.2. The minimum atomic E-state index is -1.42. The summed E-state index contributed by atoms with van der Waals surface area (Å²) in [5.74, 6) is -0.651. The molecule has 4 saturated carbocycles. The Bertz CT molecular complexity index is 1360. The first-order chi connectivity index (χ1) is 21.3. The molecule has 0 spiro atoms. The van der Waals surface area contributed by atoms with Crippen LogP contribution in [-0.4, -0.2) is 73.2 Å². The Balaban J connectivity index is 1.50. The molecule has 0 N–H and O–H groups in total. The first-order valence-electron chi connectivity index (χ1n) is 15.0. The van der Waals surface area contributed by atoms with E-state index in [9.17, 15) is 19.2 Å². The van der Waals surface area contributed by atoms with Crippen LogP contribution in [0.4, 0.5) is 0 Å². The second kappa shape index (κ2) is 13.4. The molecule has 1 heterocycles. The molecule has 5 fully saturated rings. The van der Waals surface area contributed by atoms with E-state index in [1.54, 1.807) is 19.2 Å². The van der Waals surface area contributed by atoms with Gasteiger partial charge in [-0.1, -0.05) is 11.6 Å². The maximum Gasteiger partial charge on any atom is 0.303 e. The third-order valence-electron chi connectivity index (χ3n) is 8.85. The van der Waals surface area contributed by atoms with Crippen molar-refractivity contribution in [3.63, 3.8) is 0 Å². The molecular weight excluding hydrogens is 631 g/mol. The highest BCUT2D eigenvalue weighted by Gasteiger charge is 2.55. The Labute approximate surface area is 271 Å². The number of alkyl halides is 1. The lowest BCUT2D eigenvalue weighted by Gasteiger charge is -2.55. The van der Waals surface area contributed by atoms with Crippen molar-refractivity contribution in [2.45, 2.75) is 95.4 Å². The zero-order valence-corrected chi connectivity index (χ0v) is 27.4. The molecule has 4 aliphatic carbocycles. The van der Waals surface area contributed by atoms with Crippen LogP contribution in [0.1, 0.15) is 65.4 Å². The van der Waals surface area contributed by atoms with Crippen molar-refractivity contribution in [1.82, 2.24) is 0 Å². The molecule has 246 valence electrons. The molecule has 6 rings (SSSR count). The number of rotatable bonds is 9. The molecule has 45 heavy (non-hydrogen) atoms. The second-order valence-corrected chi connectivity index (χ2v) is 13.5. The monoisotopic (exact) mass is 668 g/mol. The van der Waals surface area contributed by atoms with Crippen molar-refractivity contribution in [2.24, 2.45) is 17.8 Å². The van der Waals surface area contributed by atoms with E-state index in [4.69, 9.17) is 56.4 Å². The van der Waals surface area contributed by atoms with Crippen LogP contribution in [0, 0.1) is 17.8 Å². The SMILES string of the molecule is COC(=C1C2CC3CC1CC(Cl)(C3)C2)c1ccc(Cl)c(OC2OC(COC(C)=O)C(OC(C)=O)C(OC(C)=O)C2OC(C)=O)c1. The van der Waals surface area contributed by atoms with Crippen LogP contribution in [0.5, 0.6) is 5.75 Å². The number of hydrogen-bond donors (Lipinski definition) is 0. The van der Waals surface area contributed by atoms with E-state index in [-0.39, 0.29) is 22.3 Å². The van der Waals surface area contributed by atoms with Gasteiger partial charge in [-0.05, 0) is 73.6 Å². The number of allylic oxidation sites excluding steroid dienone is 1. The van der Waals surface area contributed by atoms with Gasteiger partial charge in [-0.25, -0.2) is 0 Å². The number of carbonyl (C=O) groups excluding carboxylic acids is 4. The quantitative estimate of drug-likeness (QED) is 0.153. The van der Waals surface area contributed by atoms with Crippen molar-refractivity contribution in [3.8, 4) is 5.75 Å². The van der Waals surface area contributed by atoms with E-state index < -0.39 is 54.6 Å². The third kappa shape index (κ3) is 7.36. The summed E-state index contributed by atoms with van der Waals surface area (Å²) in [6, 6.07) is 5.22. The summed E-state index contributed by atoms with van der Waals surface area (Å²) in [6.45, 7) is 4.29. The molecule has 0 amide bonds. The summed E-state index contributed by atoms with van der Waals surface area (Å²) in [6.07, 6.45) is -1.61. The van der Waals surface area contributed by atoms with Crippen molar-refractivity contribution in [2.75, 3.05) is 13.7 Å². The fraction of sp³-hybridized carbons (Fsp3) is 0.625. The molecule has 1 aliphatic heterocycles. The van der Waals surface area contributed by atoms with E-state index in [0.29, 0.717) is 17.8 Å². The van der Waals surface area contributed by atoms with Gasteiger partial charge in [0.05, 0.1) is 12.1 Å². The molecule has 11 nitrogen and oxygen atoms in total. The van der Waals surface area contributed by atoms with Crippen LogP contribution in [0.3, 0.4) is 0 Å². The zero-order chi connectivity index (χ0) is 32.6. The number of halogens is 2. The van der Waals surface area contributed by atoms with Gasteiger partial charge in [0.1, 0.15) is 24.2 Å². The molecule has 1 aromatic carbocycles. The first kappa shape index (κ1) is 33.3. The molecule has 5 aliphatic rings. The minimum Gasteiger partial charge on any atom is -0.496 e. The fourth-order valence-corrected chi connectivity index (χ4v) is 8.36. The molecule has 0 radical (unpaired) electrons. The lowest BCUT2D eigenvalue weighted by atomic mass is 9.53. The summed E-state index contributed by atoms with van der Waals surface area (Å²) >= 11 is 13.6. The first-order valence-corrected chi connectivity index (χ1v) is 15.8. The predicted molar refractivity (Wildman–Crippen MR) is 160 cm³/mol. The van der Waals surface area contributed by atoms with Gasteiger partial charge < -0.3 is 33.2 Å². The lowest BCUT2D eigenvalue weighted by molar-refractivity contribution is -0.288. The third-order valence-corrected chi connectivity index (χ3v) is 9.62. The Morgan fingerprint density at radius 3 is 2.02 bits per heavy atom. The van der Waals surface area contributed by atoms with Crippen molar-refractivity contribution in [1.29, 1.82) is 0 Å². The van der Waals surface area contributed by atoms with Gasteiger partial charge in [-0.15, -0.1) is 11.6 Å². The van der Waals surface area contributed by atoms with Crippen LogP contribution in [0.15, 0.2) is 23.8 Å². The van der Waals surface area contributed by atoms with Crippen molar-refractivity contribution < 1.29 is 52.3 Å². The van der Waals surface area contributed by atoms with Crippen LogP contribution in [0.25, 0.3) is 5.76 Å². The second-order valence-electron chi connectivity index (χ2n) is 12.3. The van der Waals surface area contributed by atoms with Crippen LogP contribution >= 0.6 is 23.2 Å². The van der Waals surface area contributed by atoms with Crippen molar-refractivity contribution in [3.05, 3.63) is 34.4 Å². The number of ether oxygens (including phenoxy) is 7. The normalized spacial score (nSPS) is 33.2. The van der Waals surface area contributed by atoms with Gasteiger partial charge >= 0.3 is 23.9 Å². The van der Waals surface area contributed by atoms with Gasteiger partial charge in [0, 0.05) is 38.1 Å². The number of hydrogen-bond acceptors (Lipinski definition) is 11. The number of carbonyl (C=O) groups is 4. The Hall–Kier alpha value is -3.02. The van der Waals surface area contributed by atoms with E-state index in [2.05, 4.69) is 0 Å². The molecule has 7 atom stereocenters. The molecule has 13 heteroatoms. The highest BCUT2D eigenvalue weighted by atomic mass is 35.5. The van der Waals surface area contributed by atoms with Gasteiger partial charge in [0.2, 0.25) is 12.4 Å². The number of esters is 4. The van der Waals surface area contributed by atoms with Gasteiger partial charge in [-0.3, -0.25) is 19.2 Å². The highest BCUT2D eigenvalue weighted by molar-refractivity contribution is 6.32. The van der Waals surface area contributed by atoms with E-state index in [1.807, 2.05) is 6.07 Å². The maximum absolute atomic E-state index is 12.2. The topological polar surface area (TPSA) is 133 Å². The highest BCUT2D eigenvalue weighted by Crippen LogP contribution is 2.61. The van der Waals surface area contributed by atoms with Crippen LogP contribution in [0.2, 0.25) is 5.02 Å². The number of methoxy groups -OCH3 is 1. The lowest BCUT2D eigenvalue weighted by Crippen LogP contribution is -2.63. The molecule has 1 saturated heterocycles. The van der Waals surface area contributed by atoms with Crippen molar-refractivity contribution >= 4 is 52.8 Å². The summed E-state index contributed by atoms with van der Waals surface area (Å²) in [5.41, 5.74) is 1.99. The van der Waals surface area contributed by atoms with Gasteiger partial charge in [0.15, 0.2) is 12.2 Å². The average Bonchev–Trinajstić information content (AvgIpc) is 2.92. The van der Waals surface area contributed by atoms with E-state index in [0.717, 1.165) is 64.2 Å². The summed E-state index contributed by atoms with van der Waals surface area (Å²) in [5, 5.41) is 0.219. The fourth-order valence-electron chi connectivity index (χ4n) is 7.61. The van der Waals surface area contributed by atoms with E-state index in [1.165, 1.54) is 12.5 Å². The summed E-state index contributed by atoms with van der Waals surface area (Å²) in [7, 11) is 1.64. The Morgan fingerprint density at radius 2 is 1.47 bits per heavy atom. The van der Waals surface area contributed by atoms with Gasteiger partial charge in [-0.2, -0.15) is 0 Å². The molecule has 4 bridgehead atoms. The molecule has 7 unspecified atom stereocenters. The van der Waals surface area contributed by atoms with Crippen LogP contribution < -0.4 is 4.74 Å². The standard InChI is InChI=1S/C32H38Cl2O11/c1-15(35)40-14-25-28(41-16(2)36)29(42-17(3)37)30(43-18(4)38)31(45-25)44-24-10-20(6-7-23(24)33)27(39-5)26-21-8-19-9-22(26)13-32(34,11-19)12-21/h6-7,10,19,21-22,25,28-31H,8-9,11-14H2,1-5H3. The summed E-state index contributed by atoms with van der Waals surface area (Å²) in [4.78, 5) is 47.9. The average molecular weight is 670 g/mol. The predicted octanol–water partition coefficient (Wildman–Crippen LogP) is 4.98. The largest absolute Gasteiger partial charge is 0.496 e. The summed E-state index contributed by atoms with van der Waals surface area (Å²) < 4.78 is 40.0. The van der Waals surface area contributed by atoms with E-state index >= 15 is 0 Å². The number of benzene rings is 1. The minimum absolute atomic E-state index is 0.151. The van der Waals surface area contributed by atoms with Gasteiger partial charge in [0.25, 0.3) is 0 Å². The van der Waals surface area contributed by atoms with Crippen LogP contribution in [-0.2, 0) is 47.6 Å². The Kier molecular flexibility index (Phi) is 9.91. The molecule has 1 aromatic rings. The zero-order valence-electron chi connectivity index (χ0n) is 25.8.